The largest absolute Gasteiger partial charge is 0.353 e. The van der Waals surface area contributed by atoms with Gasteiger partial charge in [0, 0.05) is 30.5 Å². The van der Waals surface area contributed by atoms with Crippen molar-refractivity contribution in [2.75, 3.05) is 6.54 Å². The lowest BCUT2D eigenvalue weighted by Crippen LogP contribution is -2.31. The van der Waals surface area contributed by atoms with Gasteiger partial charge in [0.1, 0.15) is 6.54 Å². The van der Waals surface area contributed by atoms with Gasteiger partial charge in [-0.15, -0.1) is 0 Å². The molecule has 0 aliphatic rings. The number of amides is 1. The Morgan fingerprint density at radius 2 is 2.04 bits per heavy atom. The second-order valence-electron chi connectivity index (χ2n) is 6.79. The first kappa shape index (κ1) is 17.9. The molecule has 28 heavy (non-hydrogen) atoms. The SMILES string of the molecule is Cc1cccc(-c2ccnc3c2c(C)nn3CC(=O)NCCn2cccn2)c1. The molecular weight excluding hydrogens is 352 g/mol. The van der Waals surface area contributed by atoms with Gasteiger partial charge in [-0.3, -0.25) is 9.48 Å². The maximum absolute atomic E-state index is 12.4. The zero-order valence-electron chi connectivity index (χ0n) is 16.0. The summed E-state index contributed by atoms with van der Waals surface area (Å²) < 4.78 is 3.45. The molecule has 1 amide bonds. The Morgan fingerprint density at radius 1 is 1.14 bits per heavy atom. The number of aromatic nitrogens is 5. The predicted molar refractivity (Wildman–Crippen MR) is 108 cm³/mol. The number of aryl methyl sites for hydroxylation is 2. The standard InChI is InChI=1S/C21H22N6O/c1-15-5-3-6-17(13-15)18-7-9-23-21-20(18)16(2)25-27(21)14-19(28)22-10-12-26-11-4-8-24-26/h3-9,11,13H,10,12,14H2,1-2H3,(H,22,28). The molecule has 7 nitrogen and oxygen atoms in total. The summed E-state index contributed by atoms with van der Waals surface area (Å²) in [7, 11) is 0. The highest BCUT2D eigenvalue weighted by atomic mass is 16.2. The van der Waals surface area contributed by atoms with Crippen LogP contribution in [0.1, 0.15) is 11.3 Å². The first-order chi connectivity index (χ1) is 13.6. The molecule has 0 aliphatic heterocycles. The number of hydrogen-bond donors (Lipinski definition) is 1. The highest BCUT2D eigenvalue weighted by molar-refractivity contribution is 5.95. The molecule has 0 fully saturated rings. The van der Waals surface area contributed by atoms with Crippen molar-refractivity contribution in [1.29, 1.82) is 0 Å². The Kier molecular flexibility index (Phi) is 4.89. The third kappa shape index (κ3) is 3.64. The molecule has 0 saturated heterocycles. The van der Waals surface area contributed by atoms with E-state index in [2.05, 4.69) is 45.6 Å². The van der Waals surface area contributed by atoms with E-state index in [4.69, 9.17) is 0 Å². The van der Waals surface area contributed by atoms with E-state index < -0.39 is 0 Å². The molecule has 4 aromatic rings. The van der Waals surface area contributed by atoms with Crippen molar-refractivity contribution >= 4 is 16.9 Å². The number of pyridine rings is 1. The average Bonchev–Trinajstić information content (AvgIpc) is 3.30. The lowest BCUT2D eigenvalue weighted by molar-refractivity contribution is -0.121. The van der Waals surface area contributed by atoms with Crippen molar-refractivity contribution < 1.29 is 4.79 Å². The Balaban J connectivity index is 1.55. The number of nitrogens with one attached hydrogen (secondary N) is 1. The van der Waals surface area contributed by atoms with Crippen molar-refractivity contribution in [3.05, 3.63) is 66.2 Å². The minimum absolute atomic E-state index is 0.0979. The summed E-state index contributed by atoms with van der Waals surface area (Å²) in [4.78, 5) is 16.9. The van der Waals surface area contributed by atoms with Gasteiger partial charge in [-0.05, 0) is 37.1 Å². The summed E-state index contributed by atoms with van der Waals surface area (Å²) >= 11 is 0. The first-order valence-electron chi connectivity index (χ1n) is 9.25. The van der Waals surface area contributed by atoms with Crippen LogP contribution >= 0.6 is 0 Å². The van der Waals surface area contributed by atoms with Crippen molar-refractivity contribution in [3.63, 3.8) is 0 Å². The van der Waals surface area contributed by atoms with Crippen LogP contribution in [0.4, 0.5) is 0 Å². The van der Waals surface area contributed by atoms with E-state index >= 15 is 0 Å². The minimum atomic E-state index is -0.0979. The summed E-state index contributed by atoms with van der Waals surface area (Å²) in [6, 6.07) is 12.2. The van der Waals surface area contributed by atoms with Crippen LogP contribution in [-0.4, -0.2) is 37.0 Å². The maximum atomic E-state index is 12.4. The monoisotopic (exact) mass is 374 g/mol. The first-order valence-corrected chi connectivity index (χ1v) is 9.25. The number of benzene rings is 1. The van der Waals surface area contributed by atoms with Gasteiger partial charge in [0.05, 0.1) is 12.2 Å². The summed E-state index contributed by atoms with van der Waals surface area (Å²) in [6.07, 6.45) is 5.36. The molecule has 0 atom stereocenters. The lowest BCUT2D eigenvalue weighted by Gasteiger charge is -2.07. The third-order valence-corrected chi connectivity index (χ3v) is 4.65. The third-order valence-electron chi connectivity index (χ3n) is 4.65. The zero-order valence-corrected chi connectivity index (χ0v) is 16.0. The van der Waals surface area contributed by atoms with Crippen molar-refractivity contribution in [2.45, 2.75) is 26.9 Å². The van der Waals surface area contributed by atoms with Crippen LogP contribution in [0.5, 0.6) is 0 Å². The molecule has 1 aromatic carbocycles. The summed E-state index contributed by atoms with van der Waals surface area (Å²) in [6.45, 7) is 5.31. The quantitative estimate of drug-likeness (QED) is 0.563. The number of fused-ring (bicyclic) bond motifs is 1. The fraction of sp³-hybridized carbons (Fsp3) is 0.238. The molecule has 3 aromatic heterocycles. The Bertz CT molecular complexity index is 1110. The van der Waals surface area contributed by atoms with Crippen molar-refractivity contribution in [1.82, 2.24) is 29.9 Å². The van der Waals surface area contributed by atoms with Crippen LogP contribution < -0.4 is 5.32 Å². The predicted octanol–water partition coefficient (Wildman–Crippen LogP) is 2.73. The lowest BCUT2D eigenvalue weighted by atomic mass is 10.0. The van der Waals surface area contributed by atoms with E-state index in [9.17, 15) is 4.79 Å². The molecule has 0 radical (unpaired) electrons. The Morgan fingerprint density at radius 3 is 2.82 bits per heavy atom. The zero-order chi connectivity index (χ0) is 19.5. The van der Waals surface area contributed by atoms with Gasteiger partial charge in [-0.25, -0.2) is 9.67 Å². The number of carbonyl (C=O) groups is 1. The molecular formula is C21H22N6O. The second-order valence-corrected chi connectivity index (χ2v) is 6.79. The number of nitrogens with zero attached hydrogens (tertiary/aromatic N) is 5. The van der Waals surface area contributed by atoms with Crippen LogP contribution in [0, 0.1) is 13.8 Å². The molecule has 1 N–H and O–H groups in total. The normalized spacial score (nSPS) is 11.1. The molecule has 0 unspecified atom stereocenters. The second kappa shape index (κ2) is 7.64. The van der Waals surface area contributed by atoms with E-state index in [1.54, 1.807) is 21.8 Å². The van der Waals surface area contributed by atoms with Crippen molar-refractivity contribution in [3.8, 4) is 11.1 Å². The van der Waals surface area contributed by atoms with Gasteiger partial charge < -0.3 is 5.32 Å². The summed E-state index contributed by atoms with van der Waals surface area (Å²) in [5.41, 5.74) is 4.99. The maximum Gasteiger partial charge on any atom is 0.241 e. The highest BCUT2D eigenvalue weighted by Gasteiger charge is 2.15. The van der Waals surface area contributed by atoms with Crippen LogP contribution in [0.2, 0.25) is 0 Å². The Hall–Kier alpha value is -3.48. The molecule has 4 rings (SSSR count). The smallest absolute Gasteiger partial charge is 0.241 e. The Labute approximate surface area is 163 Å². The van der Waals surface area contributed by atoms with Crippen LogP contribution in [0.25, 0.3) is 22.2 Å². The molecule has 3 heterocycles. The minimum Gasteiger partial charge on any atom is -0.353 e. The van der Waals surface area contributed by atoms with E-state index in [0.29, 0.717) is 13.1 Å². The molecule has 0 spiro atoms. The molecule has 7 heteroatoms. The van der Waals surface area contributed by atoms with E-state index in [-0.39, 0.29) is 12.5 Å². The molecule has 142 valence electrons. The number of carbonyl (C=O) groups excluding carboxylic acids is 1. The van der Waals surface area contributed by atoms with Gasteiger partial charge in [-0.1, -0.05) is 29.8 Å². The molecule has 0 saturated carbocycles. The molecule has 0 aliphatic carbocycles. The number of rotatable bonds is 6. The highest BCUT2D eigenvalue weighted by Crippen LogP contribution is 2.30. The van der Waals surface area contributed by atoms with Gasteiger partial charge in [-0.2, -0.15) is 10.2 Å². The van der Waals surface area contributed by atoms with Gasteiger partial charge >= 0.3 is 0 Å². The van der Waals surface area contributed by atoms with Gasteiger partial charge in [0.2, 0.25) is 5.91 Å². The van der Waals surface area contributed by atoms with E-state index in [1.165, 1.54) is 5.56 Å². The fourth-order valence-electron chi connectivity index (χ4n) is 3.38. The van der Waals surface area contributed by atoms with Crippen LogP contribution in [-0.2, 0) is 17.9 Å². The van der Waals surface area contributed by atoms with Crippen LogP contribution in [0.15, 0.2) is 55.0 Å². The topological polar surface area (TPSA) is 77.6 Å². The van der Waals surface area contributed by atoms with Crippen LogP contribution in [0.3, 0.4) is 0 Å². The summed E-state index contributed by atoms with van der Waals surface area (Å²) in [5.74, 6) is -0.0979. The van der Waals surface area contributed by atoms with Crippen molar-refractivity contribution in [2.24, 2.45) is 0 Å². The fourth-order valence-corrected chi connectivity index (χ4v) is 3.38. The van der Waals surface area contributed by atoms with E-state index in [0.717, 1.165) is 27.9 Å². The van der Waals surface area contributed by atoms with E-state index in [1.807, 2.05) is 31.3 Å². The average molecular weight is 374 g/mol. The summed E-state index contributed by atoms with van der Waals surface area (Å²) in [5, 5.41) is 12.6. The molecule has 0 bridgehead atoms. The number of hydrogen-bond acceptors (Lipinski definition) is 4. The van der Waals surface area contributed by atoms with Gasteiger partial charge in [0.15, 0.2) is 5.65 Å². The van der Waals surface area contributed by atoms with Gasteiger partial charge in [0.25, 0.3) is 0 Å².